The Hall–Kier alpha value is -1.87. The fraction of sp³-hybridized carbons (Fsp3) is 0.312. The average molecular weight is 255 g/mol. The largest absolute Gasteiger partial charge is 0.327 e. The number of benzene rings is 1. The van der Waals surface area contributed by atoms with Crippen molar-refractivity contribution in [1.82, 2.24) is 10.3 Å². The first-order valence-electron chi connectivity index (χ1n) is 6.68. The minimum absolute atomic E-state index is 0.851. The van der Waals surface area contributed by atoms with Crippen molar-refractivity contribution >= 4 is 11.5 Å². The molecule has 0 aliphatic heterocycles. The highest BCUT2D eigenvalue weighted by atomic mass is 15.2. The van der Waals surface area contributed by atoms with E-state index in [-0.39, 0.29) is 0 Å². The van der Waals surface area contributed by atoms with Crippen LogP contribution in [0, 0.1) is 6.92 Å². The predicted octanol–water partition coefficient (Wildman–Crippen LogP) is 3.27. The summed E-state index contributed by atoms with van der Waals surface area (Å²) in [5.41, 5.74) is 3.66. The summed E-state index contributed by atoms with van der Waals surface area (Å²) in [6.07, 6.45) is 1.93. The van der Waals surface area contributed by atoms with E-state index >= 15 is 0 Å². The lowest BCUT2D eigenvalue weighted by Gasteiger charge is -2.22. The fourth-order valence-electron chi connectivity index (χ4n) is 2.09. The van der Waals surface area contributed by atoms with Gasteiger partial charge in [0.1, 0.15) is 5.82 Å². The number of nitrogens with zero attached hydrogens (tertiary/aromatic N) is 2. The van der Waals surface area contributed by atoms with Crippen molar-refractivity contribution in [3.63, 3.8) is 0 Å². The van der Waals surface area contributed by atoms with Gasteiger partial charge in [0, 0.05) is 25.0 Å². The van der Waals surface area contributed by atoms with Gasteiger partial charge in [-0.1, -0.05) is 23.8 Å². The van der Waals surface area contributed by atoms with Crippen molar-refractivity contribution in [1.29, 1.82) is 0 Å². The van der Waals surface area contributed by atoms with Gasteiger partial charge in [-0.25, -0.2) is 4.98 Å². The third-order valence-corrected chi connectivity index (χ3v) is 3.13. The highest BCUT2D eigenvalue weighted by molar-refractivity contribution is 5.60. The molecule has 2 rings (SSSR count). The van der Waals surface area contributed by atoms with Gasteiger partial charge in [0.05, 0.1) is 0 Å². The van der Waals surface area contributed by atoms with Gasteiger partial charge in [-0.3, -0.25) is 0 Å². The molecule has 0 aliphatic carbocycles. The molecule has 0 spiro atoms. The minimum atomic E-state index is 0.851. The molecule has 3 nitrogen and oxygen atoms in total. The Bertz CT molecular complexity index is 503. The van der Waals surface area contributed by atoms with Crippen LogP contribution in [-0.2, 0) is 6.54 Å². The van der Waals surface area contributed by atoms with E-state index in [4.69, 9.17) is 0 Å². The lowest BCUT2D eigenvalue weighted by molar-refractivity contribution is 0.812. The molecule has 0 bridgehead atoms. The standard InChI is InChI=1S/C16H21N3/c1-4-19(15-8-5-13(2)6-9-15)16-10-7-14(11-17-3)12-18-16/h5-10,12,17H,4,11H2,1-3H3. The number of anilines is 2. The molecular weight excluding hydrogens is 234 g/mol. The molecule has 3 heteroatoms. The zero-order chi connectivity index (χ0) is 13.7. The van der Waals surface area contributed by atoms with Crippen LogP contribution in [0.2, 0.25) is 0 Å². The van der Waals surface area contributed by atoms with Crippen LogP contribution >= 0.6 is 0 Å². The molecular formula is C16H21N3. The van der Waals surface area contributed by atoms with Crippen molar-refractivity contribution in [2.45, 2.75) is 20.4 Å². The summed E-state index contributed by atoms with van der Waals surface area (Å²) in [6, 6.07) is 12.7. The average Bonchev–Trinajstić information content (AvgIpc) is 2.44. The first-order valence-corrected chi connectivity index (χ1v) is 6.68. The molecule has 0 aliphatic rings. The van der Waals surface area contributed by atoms with Crippen molar-refractivity contribution in [3.8, 4) is 0 Å². The summed E-state index contributed by atoms with van der Waals surface area (Å²) in [6.45, 7) is 6.00. The van der Waals surface area contributed by atoms with Crippen molar-refractivity contribution in [2.24, 2.45) is 0 Å². The van der Waals surface area contributed by atoms with Crippen LogP contribution in [0.3, 0.4) is 0 Å². The van der Waals surface area contributed by atoms with E-state index in [1.807, 2.05) is 13.2 Å². The Morgan fingerprint density at radius 1 is 1.11 bits per heavy atom. The van der Waals surface area contributed by atoms with Crippen LogP contribution in [0.25, 0.3) is 0 Å². The van der Waals surface area contributed by atoms with Crippen LogP contribution in [0.4, 0.5) is 11.5 Å². The van der Waals surface area contributed by atoms with Gasteiger partial charge >= 0.3 is 0 Å². The van der Waals surface area contributed by atoms with E-state index in [2.05, 4.69) is 65.4 Å². The highest BCUT2D eigenvalue weighted by Gasteiger charge is 2.08. The Balaban J connectivity index is 2.23. The predicted molar refractivity (Wildman–Crippen MR) is 80.9 cm³/mol. The van der Waals surface area contributed by atoms with Crippen LogP contribution in [0.1, 0.15) is 18.1 Å². The SMILES string of the molecule is CCN(c1ccc(C)cc1)c1ccc(CNC)cn1. The first kappa shape index (κ1) is 13.6. The molecule has 0 unspecified atom stereocenters. The van der Waals surface area contributed by atoms with Crippen molar-refractivity contribution in [3.05, 3.63) is 53.7 Å². The topological polar surface area (TPSA) is 28.2 Å². The number of hydrogen-bond acceptors (Lipinski definition) is 3. The van der Waals surface area contributed by atoms with E-state index in [1.54, 1.807) is 0 Å². The highest BCUT2D eigenvalue weighted by Crippen LogP contribution is 2.23. The second kappa shape index (κ2) is 6.34. The molecule has 1 N–H and O–H groups in total. The Kier molecular flexibility index (Phi) is 4.53. The molecule has 1 aromatic carbocycles. The van der Waals surface area contributed by atoms with Crippen LogP contribution in [0.5, 0.6) is 0 Å². The van der Waals surface area contributed by atoms with Gasteiger partial charge in [0.25, 0.3) is 0 Å². The molecule has 0 amide bonds. The lowest BCUT2D eigenvalue weighted by Crippen LogP contribution is -2.17. The van der Waals surface area contributed by atoms with Crippen molar-refractivity contribution in [2.75, 3.05) is 18.5 Å². The van der Waals surface area contributed by atoms with Gasteiger partial charge < -0.3 is 10.2 Å². The number of rotatable bonds is 5. The monoisotopic (exact) mass is 255 g/mol. The van der Waals surface area contributed by atoms with E-state index < -0.39 is 0 Å². The van der Waals surface area contributed by atoms with E-state index in [9.17, 15) is 0 Å². The Labute approximate surface area is 115 Å². The maximum atomic E-state index is 4.55. The number of nitrogens with one attached hydrogen (secondary N) is 1. The summed E-state index contributed by atoms with van der Waals surface area (Å²) < 4.78 is 0. The molecule has 1 aromatic heterocycles. The van der Waals surface area contributed by atoms with Crippen molar-refractivity contribution < 1.29 is 0 Å². The van der Waals surface area contributed by atoms with Crippen LogP contribution in [0.15, 0.2) is 42.6 Å². The number of aromatic nitrogens is 1. The molecule has 0 saturated heterocycles. The molecule has 100 valence electrons. The summed E-state index contributed by atoms with van der Waals surface area (Å²) in [4.78, 5) is 6.76. The maximum Gasteiger partial charge on any atom is 0.132 e. The fourth-order valence-corrected chi connectivity index (χ4v) is 2.09. The van der Waals surface area contributed by atoms with Gasteiger partial charge in [-0.2, -0.15) is 0 Å². The summed E-state index contributed by atoms with van der Waals surface area (Å²) in [7, 11) is 1.94. The second-order valence-corrected chi connectivity index (χ2v) is 4.63. The quantitative estimate of drug-likeness (QED) is 0.888. The van der Waals surface area contributed by atoms with Crippen LogP contribution < -0.4 is 10.2 Å². The third-order valence-electron chi connectivity index (χ3n) is 3.13. The number of hydrogen-bond donors (Lipinski definition) is 1. The summed E-state index contributed by atoms with van der Waals surface area (Å²) >= 11 is 0. The van der Waals surface area contributed by atoms with E-state index in [1.165, 1.54) is 16.8 Å². The summed E-state index contributed by atoms with van der Waals surface area (Å²) in [5.74, 6) is 0.992. The second-order valence-electron chi connectivity index (χ2n) is 4.63. The number of aryl methyl sites for hydroxylation is 1. The summed E-state index contributed by atoms with van der Waals surface area (Å²) in [5, 5.41) is 3.13. The van der Waals surface area contributed by atoms with Crippen LogP contribution in [-0.4, -0.2) is 18.6 Å². The lowest BCUT2D eigenvalue weighted by atomic mass is 10.2. The number of pyridine rings is 1. The minimum Gasteiger partial charge on any atom is -0.327 e. The Morgan fingerprint density at radius 2 is 1.84 bits per heavy atom. The molecule has 0 atom stereocenters. The molecule has 0 fully saturated rings. The molecule has 1 heterocycles. The third kappa shape index (κ3) is 3.32. The zero-order valence-electron chi connectivity index (χ0n) is 11.9. The molecule has 19 heavy (non-hydrogen) atoms. The van der Waals surface area contributed by atoms with Gasteiger partial charge in [-0.05, 0) is 44.7 Å². The van der Waals surface area contributed by atoms with E-state index in [0.717, 1.165) is 18.9 Å². The first-order chi connectivity index (χ1) is 9.24. The Morgan fingerprint density at radius 3 is 2.37 bits per heavy atom. The molecule has 0 saturated carbocycles. The van der Waals surface area contributed by atoms with Gasteiger partial charge in [0.2, 0.25) is 0 Å². The van der Waals surface area contributed by atoms with Gasteiger partial charge in [-0.15, -0.1) is 0 Å². The zero-order valence-corrected chi connectivity index (χ0v) is 11.9. The normalized spacial score (nSPS) is 10.5. The molecule has 0 radical (unpaired) electrons. The maximum absolute atomic E-state index is 4.55. The van der Waals surface area contributed by atoms with E-state index in [0.29, 0.717) is 0 Å². The molecule has 2 aromatic rings. The van der Waals surface area contributed by atoms with Gasteiger partial charge in [0.15, 0.2) is 0 Å². The smallest absolute Gasteiger partial charge is 0.132 e.